The molecule has 0 radical (unpaired) electrons. The predicted octanol–water partition coefficient (Wildman–Crippen LogP) is -12.8. The Hall–Kier alpha value is -3.49. The summed E-state index contributed by atoms with van der Waals surface area (Å²) in [6.45, 7) is -0.718. The summed E-state index contributed by atoms with van der Waals surface area (Å²) in [7, 11) is 0. The van der Waals surface area contributed by atoms with Crippen LogP contribution in [0, 0.1) is 0 Å². The number of urea groups is 1. The van der Waals surface area contributed by atoms with E-state index in [1.165, 1.54) is 0 Å². The topological polar surface area (TPSA) is 447 Å². The quantitative estimate of drug-likeness (QED) is 0.0976. The van der Waals surface area contributed by atoms with Crippen LogP contribution in [0.1, 0.15) is 18.1 Å². The maximum Gasteiger partial charge on any atom is 1.00 e. The Labute approximate surface area is 321 Å². The molecule has 27 nitrogen and oxygen atoms in total. The minimum atomic E-state index is -1.60. The van der Waals surface area contributed by atoms with Crippen molar-refractivity contribution in [1.29, 1.82) is 0 Å². The number of aromatic nitrogens is 2. The number of cyclic esters (lactones) is 1. The van der Waals surface area contributed by atoms with Crippen LogP contribution >= 0.6 is 0 Å². The van der Waals surface area contributed by atoms with Gasteiger partial charge in [-0.1, -0.05) is 0 Å². The molecule has 4 unspecified atom stereocenters. The number of rotatable bonds is 2. The number of ether oxygens (including phenoxy) is 4. The standard InChI is InChI=1S/C9H12N2O7.C8H11NO7.C5H10O5.C4H4N2O3.Na/c12-2-1-18-6(5(14)4(2)13)3-7(15)10-9(17)11-8(3)16;10-2-1-15-5(4(12)3(2)11)6-7(13)9-8(14)16-6;6-2-1-10-5(9)4(8)3(2)7;7-2-1-3(8)6-4(9)5-2;/h2,4-6,12-14H,1H2,(H3,10,11,15,16,17);2-6,10-12H,1H2,(H,9,13,14);2-9H,1H2;1H2,(H2,5,6,7,8,9);/q;;;;+1/t2-,4+,5-,6?;2-,3+,4-,5?,6?;2-,3+,4-,5?;;/m111../s1. The van der Waals surface area contributed by atoms with Crippen molar-refractivity contribution < 1.29 is 129 Å². The fourth-order valence-electron chi connectivity index (χ4n) is 4.80. The number of aliphatic hydroxyl groups is 10. The Balaban J connectivity index is 0.000000257. The molecule has 1 aromatic heterocycles. The summed E-state index contributed by atoms with van der Waals surface area (Å²) in [4.78, 5) is 79.0. The summed E-state index contributed by atoms with van der Waals surface area (Å²) in [5.74, 6) is -2.60. The molecule has 6 amide bonds. The molecule has 1 aromatic rings. The van der Waals surface area contributed by atoms with Crippen LogP contribution in [0.5, 0.6) is 5.88 Å². The van der Waals surface area contributed by atoms with Gasteiger partial charge in [0.1, 0.15) is 79.1 Å². The summed E-state index contributed by atoms with van der Waals surface area (Å²) in [6.07, 6.45) is -18.8. The number of aromatic amines is 2. The van der Waals surface area contributed by atoms with Gasteiger partial charge < -0.3 is 75.1 Å². The van der Waals surface area contributed by atoms with E-state index in [1.807, 2.05) is 25.9 Å². The maximum atomic E-state index is 11.5. The van der Waals surface area contributed by atoms with Gasteiger partial charge in [0, 0.05) is 0 Å². The number of imide groups is 3. The van der Waals surface area contributed by atoms with E-state index in [-0.39, 0.29) is 55.8 Å². The van der Waals surface area contributed by atoms with Crippen LogP contribution in [-0.2, 0) is 33.3 Å². The van der Waals surface area contributed by atoms with Crippen molar-refractivity contribution in [2.45, 2.75) is 86.0 Å². The Morgan fingerprint density at radius 1 is 0.556 bits per heavy atom. The number of carbonyl (C=O) groups excluding carboxylic acids is 5. The molecular weight excluding hydrogens is 757 g/mol. The summed E-state index contributed by atoms with van der Waals surface area (Å²) >= 11 is 0. The molecule has 28 heteroatoms. The Bertz CT molecular complexity index is 1550. The van der Waals surface area contributed by atoms with E-state index in [0.29, 0.717) is 0 Å². The van der Waals surface area contributed by atoms with Gasteiger partial charge in [-0.05, 0) is 0 Å². The zero-order chi connectivity index (χ0) is 39.9. The number of alkyl carbamates (subject to hydrolysis) is 1. The predicted molar refractivity (Wildman–Crippen MR) is 159 cm³/mol. The third kappa shape index (κ3) is 12.0. The first kappa shape index (κ1) is 46.7. The first-order valence-corrected chi connectivity index (χ1v) is 15.1. The van der Waals surface area contributed by atoms with Crippen LogP contribution in [0.2, 0.25) is 0 Å². The van der Waals surface area contributed by atoms with Crippen LogP contribution in [0.15, 0.2) is 9.59 Å². The van der Waals surface area contributed by atoms with Crippen molar-refractivity contribution in [3.8, 4) is 5.88 Å². The molecule has 5 aliphatic heterocycles. The third-order valence-electron chi connectivity index (χ3n) is 7.60. The molecular formula is C26H37N5NaO22+. The van der Waals surface area contributed by atoms with Gasteiger partial charge in [0.15, 0.2) is 6.29 Å². The van der Waals surface area contributed by atoms with Gasteiger partial charge in [-0.25, -0.2) is 14.4 Å². The second kappa shape index (κ2) is 20.4. The van der Waals surface area contributed by atoms with Gasteiger partial charge in [-0.2, -0.15) is 0 Å². The normalized spacial score (nSPS) is 36.1. The number of H-pyrrole nitrogens is 2. The third-order valence-corrected chi connectivity index (χ3v) is 7.60. The molecule has 54 heavy (non-hydrogen) atoms. The fourth-order valence-corrected chi connectivity index (χ4v) is 4.80. The monoisotopic (exact) mass is 794 g/mol. The van der Waals surface area contributed by atoms with Gasteiger partial charge in [-0.15, -0.1) is 0 Å². The average molecular weight is 795 g/mol. The SMILES string of the molecule is O=C1CC(=O)NC(=O)N1.O=C1NC(=O)C(C2OC[C@@H](O)[C@H](O)[C@H]2O)O1.O=c1[nH]c(O)c(C2OC[C@@H](O)[C@H](O)[C@H]2O)c(=O)[nH]1.OC1OC[C@@H](O)[C@H](O)[C@H]1O.[Na+]. The number of hydrogen-bond donors (Lipinski definition) is 16. The van der Waals surface area contributed by atoms with Crippen LogP contribution < -0.4 is 56.8 Å². The van der Waals surface area contributed by atoms with Crippen molar-refractivity contribution >= 4 is 29.8 Å². The molecule has 13 atom stereocenters. The van der Waals surface area contributed by atoms with Crippen LogP contribution in [0.3, 0.4) is 0 Å². The number of hydrogen-bond acceptors (Lipinski definition) is 22. The Kier molecular flexibility index (Phi) is 17.7. The summed E-state index contributed by atoms with van der Waals surface area (Å²) in [6, 6.07) is -0.740. The van der Waals surface area contributed by atoms with E-state index >= 15 is 0 Å². The smallest absolute Gasteiger partial charge is 0.494 e. The minimum Gasteiger partial charge on any atom is -0.494 e. The maximum absolute atomic E-state index is 11.5. The van der Waals surface area contributed by atoms with E-state index in [1.54, 1.807) is 0 Å². The van der Waals surface area contributed by atoms with Crippen molar-refractivity contribution in [2.24, 2.45) is 0 Å². The van der Waals surface area contributed by atoms with Crippen LogP contribution in [0.4, 0.5) is 9.59 Å². The molecule has 0 aromatic carbocycles. The second-order valence-electron chi connectivity index (χ2n) is 11.5. The van der Waals surface area contributed by atoms with Gasteiger partial charge in [0.25, 0.3) is 11.5 Å². The summed E-state index contributed by atoms with van der Waals surface area (Å²) in [5.41, 5.74) is -2.26. The van der Waals surface area contributed by atoms with Gasteiger partial charge in [0.2, 0.25) is 23.8 Å². The van der Waals surface area contributed by atoms with Crippen molar-refractivity contribution in [1.82, 2.24) is 25.9 Å². The first-order valence-electron chi connectivity index (χ1n) is 15.1. The molecule has 5 aliphatic rings. The fraction of sp³-hybridized carbons (Fsp3) is 0.654. The van der Waals surface area contributed by atoms with Gasteiger partial charge in [0.05, 0.1) is 19.8 Å². The van der Waals surface area contributed by atoms with E-state index in [0.717, 1.165) is 0 Å². The number of aliphatic hydroxyl groups excluding tert-OH is 10. The number of amides is 6. The van der Waals surface area contributed by atoms with Crippen molar-refractivity contribution in [3.05, 3.63) is 26.4 Å². The van der Waals surface area contributed by atoms with Crippen molar-refractivity contribution in [3.63, 3.8) is 0 Å². The molecule has 0 spiro atoms. The van der Waals surface area contributed by atoms with Gasteiger partial charge >= 0.3 is 47.4 Å². The molecule has 298 valence electrons. The van der Waals surface area contributed by atoms with E-state index in [2.05, 4.69) is 9.47 Å². The molecule has 16 N–H and O–H groups in total. The average Bonchev–Trinajstić information content (AvgIpc) is 3.41. The molecule has 5 saturated heterocycles. The van der Waals surface area contributed by atoms with Gasteiger partial charge in [-0.3, -0.25) is 45.1 Å². The molecule has 0 bridgehead atoms. The largest absolute Gasteiger partial charge is 1.00 e. The van der Waals surface area contributed by atoms with Crippen molar-refractivity contribution in [2.75, 3.05) is 19.8 Å². The van der Waals surface area contributed by atoms with E-state index < -0.39 is 132 Å². The van der Waals surface area contributed by atoms with Crippen LogP contribution in [0.25, 0.3) is 0 Å². The molecule has 0 saturated carbocycles. The summed E-state index contributed by atoms with van der Waals surface area (Å²) < 4.78 is 19.0. The number of carbonyl (C=O) groups is 5. The zero-order valence-corrected chi connectivity index (χ0v) is 29.7. The Morgan fingerprint density at radius 3 is 1.54 bits per heavy atom. The number of aromatic hydroxyl groups is 1. The molecule has 6 rings (SSSR count). The van der Waals surface area contributed by atoms with E-state index in [4.69, 9.17) is 29.9 Å². The number of barbiturate groups is 1. The Morgan fingerprint density at radius 2 is 1.06 bits per heavy atom. The minimum absolute atomic E-state index is 0. The second-order valence-corrected chi connectivity index (χ2v) is 11.5. The first-order chi connectivity index (χ1) is 24.7. The van der Waals surface area contributed by atoms with E-state index in [9.17, 15) is 69.3 Å². The molecule has 5 fully saturated rings. The zero-order valence-electron chi connectivity index (χ0n) is 27.7. The van der Waals surface area contributed by atoms with Crippen LogP contribution in [-0.4, -0.2) is 189 Å². The summed E-state index contributed by atoms with van der Waals surface area (Å²) in [5, 5.41) is 107. The molecule has 6 heterocycles. The molecule has 0 aliphatic carbocycles. The number of nitrogens with one attached hydrogen (secondary N) is 5.